The van der Waals surface area contributed by atoms with Gasteiger partial charge in [-0.1, -0.05) is 0 Å². The van der Waals surface area contributed by atoms with Gasteiger partial charge in [0.1, 0.15) is 0 Å². The first kappa shape index (κ1) is 14.0. The molecular formula is C12H23N3O2. The lowest BCUT2D eigenvalue weighted by atomic mass is 9.90. The van der Waals surface area contributed by atoms with Gasteiger partial charge < -0.3 is 16.0 Å². The molecule has 2 amide bonds. The van der Waals surface area contributed by atoms with E-state index < -0.39 is 5.41 Å². The quantitative estimate of drug-likeness (QED) is 0.735. The number of rotatable bonds is 3. The molecular weight excluding hydrogens is 218 g/mol. The Bertz CT molecular complexity index is 302. The molecule has 1 saturated heterocycles. The molecule has 0 bridgehead atoms. The van der Waals surface area contributed by atoms with Crippen LogP contribution < -0.4 is 11.1 Å². The van der Waals surface area contributed by atoms with Gasteiger partial charge in [0, 0.05) is 32.6 Å². The summed E-state index contributed by atoms with van der Waals surface area (Å²) >= 11 is 0. The number of carbonyl (C=O) groups excluding carboxylic acids is 2. The number of hydrogen-bond donors (Lipinski definition) is 2. The summed E-state index contributed by atoms with van der Waals surface area (Å²) in [6.45, 7) is 6.92. The van der Waals surface area contributed by atoms with Gasteiger partial charge in [0.05, 0.1) is 5.41 Å². The van der Waals surface area contributed by atoms with Gasteiger partial charge in [-0.2, -0.15) is 0 Å². The van der Waals surface area contributed by atoms with Gasteiger partial charge in [-0.15, -0.1) is 0 Å². The molecule has 0 aromatic heterocycles. The molecule has 0 saturated carbocycles. The number of nitrogens with one attached hydrogen (secondary N) is 1. The molecule has 17 heavy (non-hydrogen) atoms. The van der Waals surface area contributed by atoms with Gasteiger partial charge >= 0.3 is 0 Å². The van der Waals surface area contributed by atoms with Crippen LogP contribution in [0.5, 0.6) is 0 Å². The maximum absolute atomic E-state index is 12.2. The van der Waals surface area contributed by atoms with Crippen LogP contribution in [-0.4, -0.2) is 42.4 Å². The Morgan fingerprint density at radius 1 is 1.47 bits per heavy atom. The van der Waals surface area contributed by atoms with Crippen molar-refractivity contribution >= 4 is 11.8 Å². The third-order valence-corrected chi connectivity index (χ3v) is 3.21. The summed E-state index contributed by atoms with van der Waals surface area (Å²) in [5.41, 5.74) is 5.10. The first-order chi connectivity index (χ1) is 7.86. The number of hydrogen-bond acceptors (Lipinski definition) is 3. The predicted octanol–water partition coefficient (Wildman–Crippen LogP) is 0.0984. The van der Waals surface area contributed by atoms with Crippen molar-refractivity contribution in [2.24, 2.45) is 11.1 Å². The van der Waals surface area contributed by atoms with Crippen molar-refractivity contribution in [1.82, 2.24) is 10.2 Å². The summed E-state index contributed by atoms with van der Waals surface area (Å²) < 4.78 is 0. The van der Waals surface area contributed by atoms with Crippen LogP contribution in [0.1, 0.15) is 33.6 Å². The Hall–Kier alpha value is -1.10. The standard InChI is InChI=1S/C12H23N3O2/c1-9(16)14-10-5-4-6-15(7-10)11(17)12(2,3)8-13/h10H,4-8,13H2,1-3H3,(H,14,16). The highest BCUT2D eigenvalue weighted by atomic mass is 16.2. The average molecular weight is 241 g/mol. The Morgan fingerprint density at radius 2 is 2.12 bits per heavy atom. The lowest BCUT2D eigenvalue weighted by molar-refractivity contribution is -0.141. The maximum atomic E-state index is 12.2. The van der Waals surface area contributed by atoms with Gasteiger partial charge in [-0.05, 0) is 26.7 Å². The fraction of sp³-hybridized carbons (Fsp3) is 0.833. The van der Waals surface area contributed by atoms with Gasteiger partial charge in [0.2, 0.25) is 11.8 Å². The zero-order valence-corrected chi connectivity index (χ0v) is 11.0. The topological polar surface area (TPSA) is 75.4 Å². The molecule has 0 spiro atoms. The molecule has 0 aromatic carbocycles. The minimum absolute atomic E-state index is 0.0395. The molecule has 0 radical (unpaired) electrons. The van der Waals surface area contributed by atoms with E-state index in [1.807, 2.05) is 18.7 Å². The number of likely N-dealkylation sites (tertiary alicyclic amines) is 1. The maximum Gasteiger partial charge on any atom is 0.229 e. The Balaban J connectivity index is 2.60. The summed E-state index contributed by atoms with van der Waals surface area (Å²) in [7, 11) is 0. The average Bonchev–Trinajstić information content (AvgIpc) is 2.27. The van der Waals surface area contributed by atoms with Gasteiger partial charge in [0.15, 0.2) is 0 Å². The Morgan fingerprint density at radius 3 is 2.65 bits per heavy atom. The normalized spacial score (nSPS) is 21.2. The number of nitrogens with two attached hydrogens (primary N) is 1. The van der Waals surface area contributed by atoms with Crippen molar-refractivity contribution in [3.05, 3.63) is 0 Å². The second-order valence-electron chi connectivity index (χ2n) is 5.38. The third-order valence-electron chi connectivity index (χ3n) is 3.21. The summed E-state index contributed by atoms with van der Waals surface area (Å²) in [6.07, 6.45) is 1.86. The highest BCUT2D eigenvalue weighted by molar-refractivity contribution is 5.82. The number of nitrogens with zero attached hydrogens (tertiary/aromatic N) is 1. The third kappa shape index (κ3) is 3.70. The van der Waals surface area contributed by atoms with Crippen LogP contribution in [0.25, 0.3) is 0 Å². The first-order valence-corrected chi connectivity index (χ1v) is 6.13. The van der Waals surface area contributed by atoms with E-state index in [4.69, 9.17) is 5.73 Å². The predicted molar refractivity (Wildman–Crippen MR) is 66.3 cm³/mol. The number of piperidine rings is 1. The molecule has 1 aliphatic heterocycles. The summed E-state index contributed by atoms with van der Waals surface area (Å²) in [6, 6.07) is 0.0822. The molecule has 0 aromatic rings. The van der Waals surface area contributed by atoms with E-state index in [9.17, 15) is 9.59 Å². The molecule has 1 aliphatic rings. The van der Waals surface area contributed by atoms with Crippen molar-refractivity contribution in [2.45, 2.75) is 39.7 Å². The fourth-order valence-electron chi connectivity index (χ4n) is 2.08. The van der Waals surface area contributed by atoms with Crippen LogP contribution in [0.4, 0.5) is 0 Å². The molecule has 0 aliphatic carbocycles. The van der Waals surface area contributed by atoms with Crippen LogP contribution in [0.2, 0.25) is 0 Å². The van der Waals surface area contributed by atoms with Gasteiger partial charge in [-0.25, -0.2) is 0 Å². The molecule has 1 rings (SSSR count). The minimum atomic E-state index is -0.516. The Labute approximate surface area is 103 Å². The van der Waals surface area contributed by atoms with E-state index in [2.05, 4.69) is 5.32 Å². The second-order valence-corrected chi connectivity index (χ2v) is 5.38. The fourth-order valence-corrected chi connectivity index (χ4v) is 2.08. The zero-order chi connectivity index (χ0) is 13.1. The smallest absolute Gasteiger partial charge is 0.229 e. The second kappa shape index (κ2) is 5.49. The van der Waals surface area contributed by atoms with Crippen molar-refractivity contribution in [1.29, 1.82) is 0 Å². The lowest BCUT2D eigenvalue weighted by Crippen LogP contribution is -2.53. The molecule has 1 fully saturated rings. The summed E-state index contributed by atoms with van der Waals surface area (Å²) in [4.78, 5) is 25.0. The number of carbonyl (C=O) groups is 2. The SMILES string of the molecule is CC(=O)NC1CCCN(C(=O)C(C)(C)CN)C1. The Kier molecular flexibility index (Phi) is 4.51. The highest BCUT2D eigenvalue weighted by Crippen LogP contribution is 2.20. The van der Waals surface area contributed by atoms with Crippen LogP contribution >= 0.6 is 0 Å². The zero-order valence-electron chi connectivity index (χ0n) is 11.0. The van der Waals surface area contributed by atoms with Crippen LogP contribution in [0, 0.1) is 5.41 Å². The molecule has 98 valence electrons. The number of amides is 2. The molecule has 3 N–H and O–H groups in total. The minimum Gasteiger partial charge on any atom is -0.352 e. The molecule has 1 atom stereocenters. The van der Waals surface area contributed by atoms with Gasteiger partial charge in [-0.3, -0.25) is 9.59 Å². The summed E-state index contributed by atoms with van der Waals surface area (Å²) in [5.74, 6) is 0.0393. The first-order valence-electron chi connectivity index (χ1n) is 6.13. The molecule has 5 nitrogen and oxygen atoms in total. The van der Waals surface area contributed by atoms with E-state index in [0.717, 1.165) is 19.4 Å². The lowest BCUT2D eigenvalue weighted by Gasteiger charge is -2.37. The van der Waals surface area contributed by atoms with E-state index >= 15 is 0 Å². The van der Waals surface area contributed by atoms with Gasteiger partial charge in [0.25, 0.3) is 0 Å². The van der Waals surface area contributed by atoms with E-state index in [1.54, 1.807) is 0 Å². The van der Waals surface area contributed by atoms with Crippen LogP contribution in [0.15, 0.2) is 0 Å². The van der Waals surface area contributed by atoms with E-state index in [-0.39, 0.29) is 17.9 Å². The monoisotopic (exact) mass is 241 g/mol. The van der Waals surface area contributed by atoms with Crippen LogP contribution in [-0.2, 0) is 9.59 Å². The van der Waals surface area contributed by atoms with E-state index in [1.165, 1.54) is 6.92 Å². The molecule has 1 heterocycles. The largest absolute Gasteiger partial charge is 0.352 e. The van der Waals surface area contributed by atoms with Crippen molar-refractivity contribution < 1.29 is 9.59 Å². The molecule has 5 heteroatoms. The van der Waals surface area contributed by atoms with Crippen molar-refractivity contribution in [3.8, 4) is 0 Å². The van der Waals surface area contributed by atoms with Crippen LogP contribution in [0.3, 0.4) is 0 Å². The summed E-state index contributed by atoms with van der Waals surface area (Å²) in [5, 5.41) is 2.87. The van der Waals surface area contributed by atoms with Crippen molar-refractivity contribution in [3.63, 3.8) is 0 Å². The molecule has 1 unspecified atom stereocenters. The van der Waals surface area contributed by atoms with E-state index in [0.29, 0.717) is 13.1 Å². The highest BCUT2D eigenvalue weighted by Gasteiger charge is 2.33. The van der Waals surface area contributed by atoms with Crippen molar-refractivity contribution in [2.75, 3.05) is 19.6 Å².